The molecule has 1 N–H and O–H groups in total. The van der Waals surface area contributed by atoms with E-state index in [1.165, 1.54) is 0 Å². The van der Waals surface area contributed by atoms with Gasteiger partial charge in [0, 0.05) is 37.1 Å². The van der Waals surface area contributed by atoms with Gasteiger partial charge in [0.1, 0.15) is 18.2 Å². The molecule has 1 aliphatic heterocycles. The van der Waals surface area contributed by atoms with Crippen LogP contribution in [0.25, 0.3) is 0 Å². The lowest BCUT2D eigenvalue weighted by Crippen LogP contribution is -2.32. The van der Waals surface area contributed by atoms with Crippen LogP contribution in [0.3, 0.4) is 0 Å². The third-order valence-corrected chi connectivity index (χ3v) is 9.08. The van der Waals surface area contributed by atoms with Crippen molar-refractivity contribution in [3.8, 4) is 5.75 Å². The number of halogens is 9. The highest BCUT2D eigenvalue weighted by Gasteiger charge is 2.71. The largest absolute Gasteiger partial charge is 0.492 e. The number of ether oxygens (including phenoxy) is 1. The Hall–Kier alpha value is -2.68. The monoisotopic (exact) mass is 605 g/mol. The third kappa shape index (κ3) is 5.71. The molecule has 0 bridgehead atoms. The summed E-state index contributed by atoms with van der Waals surface area (Å²) in [6.45, 7) is -2.35. The number of anilines is 2. The number of rotatable bonds is 8. The van der Waals surface area contributed by atoms with Gasteiger partial charge < -0.3 is 14.7 Å². The first kappa shape index (κ1) is 30.3. The van der Waals surface area contributed by atoms with Crippen molar-refractivity contribution in [1.82, 2.24) is 0 Å². The highest BCUT2D eigenvalue weighted by Crippen LogP contribution is 2.60. The predicted molar refractivity (Wildman–Crippen MR) is 125 cm³/mol. The van der Waals surface area contributed by atoms with Crippen LogP contribution in [-0.2, 0) is 16.0 Å². The normalized spacial score (nSPS) is 25.7. The molecule has 222 valence electrons. The second-order valence-corrected chi connectivity index (χ2v) is 12.3. The molecule has 2 aliphatic rings. The number of aliphatic hydroxyl groups excluding tert-OH is 1. The second-order valence-electron chi connectivity index (χ2n) is 10.3. The molecule has 3 atom stereocenters. The molecule has 1 aliphatic carbocycles. The average molecular weight is 606 g/mol. The van der Waals surface area contributed by atoms with E-state index in [9.17, 15) is 48.6 Å². The molecule has 4 rings (SSSR count). The van der Waals surface area contributed by atoms with Gasteiger partial charge in [0.25, 0.3) is 5.92 Å². The van der Waals surface area contributed by atoms with Crippen molar-refractivity contribution >= 4 is 21.2 Å². The van der Waals surface area contributed by atoms with Crippen LogP contribution in [0.1, 0.15) is 31.7 Å². The molecule has 5 nitrogen and oxygen atoms in total. The van der Waals surface area contributed by atoms with Crippen molar-refractivity contribution in [2.45, 2.75) is 54.6 Å². The molecule has 0 aromatic heterocycles. The van der Waals surface area contributed by atoms with E-state index in [2.05, 4.69) is 0 Å². The fourth-order valence-corrected chi connectivity index (χ4v) is 6.32. The van der Waals surface area contributed by atoms with Gasteiger partial charge in [-0.15, -0.1) is 0 Å². The Morgan fingerprint density at radius 1 is 1.10 bits per heavy atom. The highest BCUT2D eigenvalue weighted by atomic mass is 32.2. The smallest absolute Gasteiger partial charge is 0.420 e. The van der Waals surface area contributed by atoms with Gasteiger partial charge >= 0.3 is 6.18 Å². The first-order valence-corrected chi connectivity index (χ1v) is 13.5. The summed E-state index contributed by atoms with van der Waals surface area (Å²) in [4.78, 5) is -0.0492. The molecule has 0 amide bonds. The molecule has 2 aromatic carbocycles. The number of aliphatic hydroxyl groups is 1. The highest BCUT2D eigenvalue weighted by molar-refractivity contribution is 7.92. The lowest BCUT2D eigenvalue weighted by Gasteiger charge is -2.29. The zero-order chi connectivity index (χ0) is 29.9. The van der Waals surface area contributed by atoms with Crippen molar-refractivity contribution in [3.63, 3.8) is 0 Å². The number of nitrogens with zero attached hydrogens (tertiary/aromatic N) is 1. The van der Waals surface area contributed by atoms with Gasteiger partial charge in [-0.05, 0) is 43.7 Å². The number of benzene rings is 2. The topological polar surface area (TPSA) is 66.8 Å². The Balaban J connectivity index is 1.88. The summed E-state index contributed by atoms with van der Waals surface area (Å²) in [6.07, 6.45) is -7.69. The maximum atomic E-state index is 15.6. The standard InChI is InChI=1S/C25H24F9NO4S/c1-22(28,29)7-6-14-10-35(16-4-2-15(26)3-5-16)18-8-17(25(32,33)34)19(9-20(18)40(37,38)21(14)27)39-13-23(12-36)11-24(23,30)31/h2-5,8-9,14,21,36H,6-7,10-13H2,1H3/t14-,21+,23-/m1/s1. The summed E-state index contributed by atoms with van der Waals surface area (Å²) in [5, 5.41) is 9.35. The molecule has 2 aromatic rings. The lowest BCUT2D eigenvalue weighted by atomic mass is 10.00. The van der Waals surface area contributed by atoms with Crippen LogP contribution in [-0.4, -0.2) is 50.6 Å². The minimum Gasteiger partial charge on any atom is -0.492 e. The van der Waals surface area contributed by atoms with Crippen LogP contribution in [0.5, 0.6) is 5.75 Å². The van der Waals surface area contributed by atoms with Crippen molar-refractivity contribution in [3.05, 3.63) is 47.8 Å². The minimum absolute atomic E-state index is 0.0566. The minimum atomic E-state index is -5.22. The van der Waals surface area contributed by atoms with Gasteiger partial charge in [-0.2, -0.15) is 13.2 Å². The van der Waals surface area contributed by atoms with Gasteiger partial charge in [0.15, 0.2) is 0 Å². The fourth-order valence-electron chi connectivity index (χ4n) is 4.62. The molecule has 1 fully saturated rings. The number of alkyl halides is 8. The number of fused-ring (bicyclic) bond motifs is 1. The van der Waals surface area contributed by atoms with Gasteiger partial charge in [-0.3, -0.25) is 0 Å². The summed E-state index contributed by atoms with van der Waals surface area (Å²) < 4.78 is 158. The summed E-state index contributed by atoms with van der Waals surface area (Å²) in [7, 11) is -5.15. The Morgan fingerprint density at radius 3 is 2.20 bits per heavy atom. The summed E-state index contributed by atoms with van der Waals surface area (Å²) in [5.41, 5.74) is -7.34. The van der Waals surface area contributed by atoms with Crippen LogP contribution in [0.15, 0.2) is 41.3 Å². The Bertz CT molecular complexity index is 1360. The van der Waals surface area contributed by atoms with Gasteiger partial charge in [-0.25, -0.2) is 34.8 Å². The quantitative estimate of drug-likeness (QED) is 0.348. The van der Waals surface area contributed by atoms with E-state index in [1.54, 1.807) is 0 Å². The summed E-state index contributed by atoms with van der Waals surface area (Å²) in [5.74, 6) is -10.3. The molecule has 0 spiro atoms. The van der Waals surface area contributed by atoms with Crippen molar-refractivity contribution in [2.75, 3.05) is 24.7 Å². The van der Waals surface area contributed by atoms with E-state index < -0.39 is 111 Å². The second kappa shape index (κ2) is 10.00. The molecular weight excluding hydrogens is 581 g/mol. The first-order valence-electron chi connectivity index (χ1n) is 12.0. The first-order chi connectivity index (χ1) is 18.3. The molecule has 15 heteroatoms. The van der Waals surface area contributed by atoms with Crippen LogP contribution in [0.4, 0.5) is 50.9 Å². The molecule has 40 heavy (non-hydrogen) atoms. The lowest BCUT2D eigenvalue weighted by molar-refractivity contribution is -0.139. The van der Waals surface area contributed by atoms with Crippen LogP contribution >= 0.6 is 0 Å². The van der Waals surface area contributed by atoms with E-state index in [-0.39, 0.29) is 5.69 Å². The molecule has 0 saturated heterocycles. The Labute approximate surface area is 223 Å². The predicted octanol–water partition coefficient (Wildman–Crippen LogP) is 6.51. The van der Waals surface area contributed by atoms with Gasteiger partial charge in [0.2, 0.25) is 21.3 Å². The van der Waals surface area contributed by atoms with Gasteiger partial charge in [0.05, 0.1) is 28.2 Å². The fraction of sp³-hybridized carbons (Fsp3) is 0.520. The number of sulfone groups is 1. The summed E-state index contributed by atoms with van der Waals surface area (Å²) >= 11 is 0. The molecular formula is C25H24F9NO4S. The molecule has 0 unspecified atom stereocenters. The van der Waals surface area contributed by atoms with Gasteiger partial charge in [-0.1, -0.05) is 0 Å². The maximum absolute atomic E-state index is 15.6. The van der Waals surface area contributed by atoms with E-state index in [0.29, 0.717) is 19.1 Å². The maximum Gasteiger partial charge on any atom is 0.420 e. The number of hydrogen-bond acceptors (Lipinski definition) is 5. The van der Waals surface area contributed by atoms with Crippen molar-refractivity contribution in [2.24, 2.45) is 11.3 Å². The zero-order valence-corrected chi connectivity index (χ0v) is 21.6. The van der Waals surface area contributed by atoms with Crippen molar-refractivity contribution in [1.29, 1.82) is 0 Å². The average Bonchev–Trinajstić information content (AvgIpc) is 3.43. The SMILES string of the molecule is CC(F)(F)CC[C@@H]1CN(c2ccc(F)cc2)c2cc(C(F)(F)F)c(OC[C@]3(CO)CC3(F)F)cc2S(=O)(=O)[C@@H]1F. The Kier molecular flexibility index (Phi) is 7.57. The molecule has 0 radical (unpaired) electrons. The zero-order valence-electron chi connectivity index (χ0n) is 20.8. The molecule has 1 heterocycles. The van der Waals surface area contributed by atoms with E-state index >= 15 is 4.39 Å². The van der Waals surface area contributed by atoms with E-state index in [4.69, 9.17) is 4.74 Å². The third-order valence-electron chi connectivity index (χ3n) is 7.16. The van der Waals surface area contributed by atoms with E-state index in [0.717, 1.165) is 29.2 Å². The summed E-state index contributed by atoms with van der Waals surface area (Å²) in [6, 6.07) is 4.72. The van der Waals surface area contributed by atoms with Crippen LogP contribution in [0.2, 0.25) is 0 Å². The molecule has 1 saturated carbocycles. The Morgan fingerprint density at radius 2 is 1.70 bits per heavy atom. The van der Waals surface area contributed by atoms with E-state index in [1.807, 2.05) is 0 Å². The number of hydrogen-bond donors (Lipinski definition) is 1. The van der Waals surface area contributed by atoms with Crippen LogP contribution < -0.4 is 9.64 Å². The van der Waals surface area contributed by atoms with Crippen LogP contribution in [0, 0.1) is 17.2 Å². The van der Waals surface area contributed by atoms with Crippen molar-refractivity contribution < 1.29 is 57.8 Å².